The average Bonchev–Trinajstić information content (AvgIpc) is 3.07. The molecule has 0 radical (unpaired) electrons. The highest BCUT2D eigenvalue weighted by Crippen LogP contribution is 2.25. The largest absolute Gasteiger partial charge is 0.444 e. The molecule has 1 saturated heterocycles. The van der Waals surface area contributed by atoms with E-state index in [-0.39, 0.29) is 18.1 Å². The van der Waals surface area contributed by atoms with Crippen molar-refractivity contribution < 1.29 is 14.3 Å². The first-order valence-corrected chi connectivity index (χ1v) is 7.91. The number of aliphatic hydroxyl groups excluding tert-OH is 1. The van der Waals surface area contributed by atoms with Gasteiger partial charge in [-0.05, 0) is 47.3 Å². The molecule has 0 unspecified atom stereocenters. The number of piperazine rings is 1. The topological polar surface area (TPSA) is 56.9 Å². The van der Waals surface area contributed by atoms with Crippen LogP contribution in [0.5, 0.6) is 0 Å². The highest BCUT2D eigenvalue weighted by molar-refractivity contribution is 9.10. The molecule has 3 rings (SSSR count). The Morgan fingerprint density at radius 1 is 1.25 bits per heavy atom. The predicted octanol–water partition coefficient (Wildman–Crippen LogP) is 1.71. The highest BCUT2D eigenvalue weighted by Gasteiger charge is 2.33. The Morgan fingerprint density at radius 2 is 2.00 bits per heavy atom. The van der Waals surface area contributed by atoms with Gasteiger partial charge < -0.3 is 14.4 Å². The molecule has 0 bridgehead atoms. The second kappa shape index (κ2) is 5.87. The molecule has 1 aliphatic heterocycles. The van der Waals surface area contributed by atoms with Gasteiger partial charge in [-0.2, -0.15) is 0 Å². The minimum absolute atomic E-state index is 0.0534. The molecule has 0 aromatic carbocycles. The van der Waals surface area contributed by atoms with Crippen molar-refractivity contribution in [3.05, 3.63) is 22.6 Å². The summed E-state index contributed by atoms with van der Waals surface area (Å²) >= 11 is 3.21. The summed E-state index contributed by atoms with van der Waals surface area (Å²) in [6.45, 7) is 3.05. The molecular formula is C14H19BrN2O3. The number of aliphatic hydroxyl groups is 1. The Kier molecular flexibility index (Phi) is 4.14. The van der Waals surface area contributed by atoms with Gasteiger partial charge in [-0.15, -0.1) is 0 Å². The number of furan rings is 1. The third-order valence-corrected chi connectivity index (χ3v) is 4.72. The van der Waals surface area contributed by atoms with Gasteiger partial charge in [-0.3, -0.25) is 9.69 Å². The lowest BCUT2D eigenvalue weighted by Crippen LogP contribution is -2.53. The SMILES string of the molecule is O=C(c1ccc(Br)o1)N1CCN([C@@H]2CCC[C@H]2O)CC1. The standard InChI is InChI=1S/C14H19BrN2O3/c15-13-5-4-12(20-13)14(19)17-8-6-16(7-9-17)10-2-1-3-11(10)18/h4-5,10-11,18H,1-3,6-9H2/t10-,11-/m1/s1. The summed E-state index contributed by atoms with van der Waals surface area (Å²) in [5.41, 5.74) is 0. The molecule has 5 nitrogen and oxygen atoms in total. The van der Waals surface area contributed by atoms with Gasteiger partial charge in [0.1, 0.15) is 0 Å². The molecule has 110 valence electrons. The van der Waals surface area contributed by atoms with E-state index in [0.29, 0.717) is 23.5 Å². The number of hydrogen-bond acceptors (Lipinski definition) is 4. The van der Waals surface area contributed by atoms with Crippen molar-refractivity contribution in [2.45, 2.75) is 31.4 Å². The fourth-order valence-corrected chi connectivity index (χ4v) is 3.50. The molecule has 2 fully saturated rings. The number of halogens is 1. The maximum absolute atomic E-state index is 12.2. The number of carbonyl (C=O) groups excluding carboxylic acids is 1. The Labute approximate surface area is 126 Å². The fraction of sp³-hybridized carbons (Fsp3) is 0.643. The summed E-state index contributed by atoms with van der Waals surface area (Å²) in [5, 5.41) is 9.95. The van der Waals surface area contributed by atoms with Crippen LogP contribution in [0.1, 0.15) is 29.8 Å². The van der Waals surface area contributed by atoms with Crippen molar-refractivity contribution in [1.82, 2.24) is 9.80 Å². The predicted molar refractivity (Wildman–Crippen MR) is 77.5 cm³/mol. The summed E-state index contributed by atoms with van der Waals surface area (Å²) in [5.74, 6) is 0.327. The second-order valence-electron chi connectivity index (χ2n) is 5.50. The Morgan fingerprint density at radius 3 is 2.55 bits per heavy atom. The zero-order valence-corrected chi connectivity index (χ0v) is 12.9. The normalized spacial score (nSPS) is 28.0. The maximum atomic E-state index is 12.2. The third kappa shape index (κ3) is 2.77. The first-order valence-electron chi connectivity index (χ1n) is 7.12. The van der Waals surface area contributed by atoms with Gasteiger partial charge in [0.05, 0.1) is 6.10 Å². The molecule has 1 aliphatic carbocycles. The van der Waals surface area contributed by atoms with Crippen LogP contribution in [0.15, 0.2) is 21.2 Å². The van der Waals surface area contributed by atoms with Gasteiger partial charge >= 0.3 is 0 Å². The van der Waals surface area contributed by atoms with E-state index in [4.69, 9.17) is 4.42 Å². The monoisotopic (exact) mass is 342 g/mol. The fourth-order valence-electron chi connectivity index (χ4n) is 3.19. The smallest absolute Gasteiger partial charge is 0.289 e. The van der Waals surface area contributed by atoms with Gasteiger partial charge in [0, 0.05) is 32.2 Å². The summed E-state index contributed by atoms with van der Waals surface area (Å²) in [4.78, 5) is 16.4. The number of carbonyl (C=O) groups is 1. The van der Waals surface area contributed by atoms with E-state index < -0.39 is 0 Å². The van der Waals surface area contributed by atoms with Crippen molar-refractivity contribution in [1.29, 1.82) is 0 Å². The Hall–Kier alpha value is -0.850. The van der Waals surface area contributed by atoms with E-state index in [0.717, 1.165) is 32.4 Å². The van der Waals surface area contributed by atoms with Gasteiger partial charge in [-0.1, -0.05) is 0 Å². The highest BCUT2D eigenvalue weighted by atomic mass is 79.9. The molecule has 0 spiro atoms. The lowest BCUT2D eigenvalue weighted by molar-refractivity contribution is 0.0301. The number of rotatable bonds is 2. The third-order valence-electron chi connectivity index (χ3n) is 4.30. The van der Waals surface area contributed by atoms with Crippen LogP contribution in [0.4, 0.5) is 0 Å². The van der Waals surface area contributed by atoms with Crippen LogP contribution >= 0.6 is 15.9 Å². The minimum atomic E-state index is -0.196. The molecule has 1 saturated carbocycles. The first kappa shape index (κ1) is 14.1. The number of hydrogen-bond donors (Lipinski definition) is 1. The summed E-state index contributed by atoms with van der Waals surface area (Å²) in [6.07, 6.45) is 2.88. The Balaban J connectivity index is 1.57. The van der Waals surface area contributed by atoms with Crippen molar-refractivity contribution in [3.63, 3.8) is 0 Å². The summed E-state index contributed by atoms with van der Waals surface area (Å²) in [6, 6.07) is 3.71. The van der Waals surface area contributed by atoms with E-state index >= 15 is 0 Å². The molecule has 6 heteroatoms. The van der Waals surface area contributed by atoms with Gasteiger partial charge in [-0.25, -0.2) is 0 Å². The van der Waals surface area contributed by atoms with Crippen LogP contribution in [0.25, 0.3) is 0 Å². The van der Waals surface area contributed by atoms with Crippen LogP contribution in [0, 0.1) is 0 Å². The van der Waals surface area contributed by atoms with Crippen LogP contribution in [-0.2, 0) is 0 Å². The second-order valence-corrected chi connectivity index (χ2v) is 6.28. The molecular weight excluding hydrogens is 324 g/mol. The van der Waals surface area contributed by atoms with Gasteiger partial charge in [0.2, 0.25) is 0 Å². The molecule has 1 aromatic heterocycles. The quantitative estimate of drug-likeness (QED) is 0.888. The van der Waals surface area contributed by atoms with Crippen molar-refractivity contribution in [3.8, 4) is 0 Å². The molecule has 20 heavy (non-hydrogen) atoms. The average molecular weight is 343 g/mol. The van der Waals surface area contributed by atoms with Crippen LogP contribution in [-0.4, -0.2) is 59.1 Å². The van der Waals surface area contributed by atoms with E-state index in [9.17, 15) is 9.90 Å². The van der Waals surface area contributed by atoms with E-state index in [2.05, 4.69) is 20.8 Å². The molecule has 2 atom stereocenters. The van der Waals surface area contributed by atoms with Crippen LogP contribution in [0.3, 0.4) is 0 Å². The first-order chi connectivity index (χ1) is 9.65. The van der Waals surface area contributed by atoms with Crippen molar-refractivity contribution >= 4 is 21.8 Å². The molecule has 2 aliphatic rings. The molecule has 1 aromatic rings. The maximum Gasteiger partial charge on any atom is 0.289 e. The van der Waals surface area contributed by atoms with Crippen molar-refractivity contribution in [2.24, 2.45) is 0 Å². The van der Waals surface area contributed by atoms with E-state index in [1.807, 2.05) is 4.90 Å². The van der Waals surface area contributed by atoms with E-state index in [1.54, 1.807) is 12.1 Å². The lowest BCUT2D eigenvalue weighted by Gasteiger charge is -2.38. The van der Waals surface area contributed by atoms with E-state index in [1.165, 1.54) is 0 Å². The molecule has 2 heterocycles. The molecule has 1 amide bonds. The van der Waals surface area contributed by atoms with Crippen LogP contribution < -0.4 is 0 Å². The minimum Gasteiger partial charge on any atom is -0.444 e. The van der Waals surface area contributed by atoms with Crippen molar-refractivity contribution in [2.75, 3.05) is 26.2 Å². The Bertz CT molecular complexity index is 483. The van der Waals surface area contributed by atoms with Gasteiger partial charge in [0.25, 0.3) is 5.91 Å². The van der Waals surface area contributed by atoms with Gasteiger partial charge in [0.15, 0.2) is 10.4 Å². The van der Waals surface area contributed by atoms with Crippen LogP contribution in [0.2, 0.25) is 0 Å². The number of nitrogens with zero attached hydrogens (tertiary/aromatic N) is 2. The zero-order valence-electron chi connectivity index (χ0n) is 11.3. The number of amides is 1. The summed E-state index contributed by atoms with van der Waals surface area (Å²) < 4.78 is 5.89. The zero-order chi connectivity index (χ0) is 14.1. The summed E-state index contributed by atoms with van der Waals surface area (Å²) in [7, 11) is 0. The lowest BCUT2D eigenvalue weighted by atomic mass is 10.1. The molecule has 1 N–H and O–H groups in total.